The number of aromatic hydroxyl groups is 1. The second-order valence-corrected chi connectivity index (χ2v) is 4.67. The van der Waals surface area contributed by atoms with E-state index in [1.54, 1.807) is 6.20 Å². The van der Waals surface area contributed by atoms with Crippen molar-refractivity contribution in [3.63, 3.8) is 0 Å². The number of hydrogen-bond acceptors (Lipinski definition) is 3. The third-order valence-corrected chi connectivity index (χ3v) is 3.74. The average molecular weight is 280 g/mol. The molecule has 4 nitrogen and oxygen atoms in total. The number of nitrogens with one attached hydrogen (secondary N) is 1. The molecule has 0 amide bonds. The smallest absolute Gasteiger partial charge is 0.231 e. The van der Waals surface area contributed by atoms with Crippen molar-refractivity contribution in [1.82, 2.24) is 9.55 Å². The van der Waals surface area contributed by atoms with Crippen LogP contribution in [0.25, 0.3) is 5.69 Å². The lowest BCUT2D eigenvalue weighted by atomic mass is 10.1. The number of imidazole rings is 1. The molecule has 1 aliphatic heterocycles. The zero-order valence-corrected chi connectivity index (χ0v) is 10.2. The van der Waals surface area contributed by atoms with E-state index in [9.17, 15) is 5.11 Å². The number of rotatable bonds is 0. The molecule has 1 aromatic heterocycles. The van der Waals surface area contributed by atoms with Gasteiger partial charge in [-0.2, -0.15) is 4.98 Å². The predicted molar refractivity (Wildman–Crippen MR) is 65.0 cm³/mol. The minimum absolute atomic E-state index is 0.0379. The quantitative estimate of drug-likeness (QED) is 0.779. The normalized spacial score (nSPS) is 12.9. The standard InChI is InChI=1S/C11H10BrN3O/c1-6-7-4-13-11-14-10(16)5-15(11)9(7)3-2-8(6)12/h2-3,5,16H,4H2,1H3,(H,13,14). The molecular weight excluding hydrogens is 270 g/mol. The fraction of sp³-hybridized carbons (Fsp3) is 0.182. The number of fused-ring (bicyclic) bond motifs is 3. The van der Waals surface area contributed by atoms with Crippen molar-refractivity contribution < 1.29 is 5.11 Å². The fourth-order valence-electron chi connectivity index (χ4n) is 2.01. The van der Waals surface area contributed by atoms with Crippen molar-refractivity contribution in [3.8, 4) is 11.6 Å². The van der Waals surface area contributed by atoms with Crippen LogP contribution in [0.4, 0.5) is 5.95 Å². The van der Waals surface area contributed by atoms with E-state index in [-0.39, 0.29) is 5.88 Å². The van der Waals surface area contributed by atoms with Gasteiger partial charge in [0, 0.05) is 11.0 Å². The maximum Gasteiger partial charge on any atom is 0.231 e. The summed E-state index contributed by atoms with van der Waals surface area (Å²) in [6.07, 6.45) is 1.62. The van der Waals surface area contributed by atoms with Crippen molar-refractivity contribution in [2.45, 2.75) is 13.5 Å². The first-order valence-corrected chi connectivity index (χ1v) is 5.76. The summed E-state index contributed by atoms with van der Waals surface area (Å²) in [5.41, 5.74) is 3.50. The van der Waals surface area contributed by atoms with Gasteiger partial charge in [-0.25, -0.2) is 0 Å². The van der Waals surface area contributed by atoms with Gasteiger partial charge in [0.1, 0.15) is 0 Å². The average Bonchev–Trinajstić information content (AvgIpc) is 2.63. The molecule has 0 spiro atoms. The molecule has 0 saturated carbocycles. The number of benzene rings is 1. The first-order valence-electron chi connectivity index (χ1n) is 4.97. The number of hydrogen-bond donors (Lipinski definition) is 2. The van der Waals surface area contributed by atoms with E-state index in [1.807, 2.05) is 16.7 Å². The van der Waals surface area contributed by atoms with Gasteiger partial charge in [0.2, 0.25) is 11.8 Å². The molecule has 0 fully saturated rings. The summed E-state index contributed by atoms with van der Waals surface area (Å²) in [4.78, 5) is 4.00. The summed E-state index contributed by atoms with van der Waals surface area (Å²) in [6, 6.07) is 4.04. The summed E-state index contributed by atoms with van der Waals surface area (Å²) in [6.45, 7) is 2.81. The maximum atomic E-state index is 9.39. The van der Waals surface area contributed by atoms with Crippen LogP contribution in [0, 0.1) is 6.92 Å². The number of aromatic nitrogens is 2. The Morgan fingerprint density at radius 1 is 1.50 bits per heavy atom. The highest BCUT2D eigenvalue weighted by Gasteiger charge is 2.19. The molecule has 82 valence electrons. The molecule has 0 bridgehead atoms. The van der Waals surface area contributed by atoms with Crippen molar-refractivity contribution in [3.05, 3.63) is 33.9 Å². The lowest BCUT2D eigenvalue weighted by Gasteiger charge is -2.21. The van der Waals surface area contributed by atoms with E-state index in [0.29, 0.717) is 5.95 Å². The van der Waals surface area contributed by atoms with Gasteiger partial charge in [0.25, 0.3) is 0 Å². The van der Waals surface area contributed by atoms with Crippen LogP contribution in [-0.2, 0) is 6.54 Å². The van der Waals surface area contributed by atoms with Crippen LogP contribution in [0.5, 0.6) is 5.88 Å². The van der Waals surface area contributed by atoms with E-state index in [4.69, 9.17) is 0 Å². The first kappa shape index (κ1) is 9.72. The van der Waals surface area contributed by atoms with Crippen LogP contribution in [0.1, 0.15) is 11.1 Å². The molecule has 0 aliphatic carbocycles. The third kappa shape index (κ3) is 1.24. The number of nitrogens with zero attached hydrogens (tertiary/aromatic N) is 2. The molecule has 0 atom stereocenters. The lowest BCUT2D eigenvalue weighted by molar-refractivity contribution is 0.456. The van der Waals surface area contributed by atoms with Gasteiger partial charge in [0.15, 0.2) is 0 Å². The molecule has 0 unspecified atom stereocenters. The highest BCUT2D eigenvalue weighted by molar-refractivity contribution is 9.10. The second kappa shape index (κ2) is 3.25. The van der Waals surface area contributed by atoms with E-state index >= 15 is 0 Å². The second-order valence-electron chi connectivity index (χ2n) is 3.82. The molecule has 1 aliphatic rings. The van der Waals surface area contributed by atoms with E-state index in [0.717, 1.165) is 16.7 Å². The van der Waals surface area contributed by atoms with Gasteiger partial charge in [-0.15, -0.1) is 0 Å². The minimum atomic E-state index is 0.0379. The zero-order chi connectivity index (χ0) is 11.3. The Bertz CT molecular complexity index is 577. The van der Waals surface area contributed by atoms with E-state index in [2.05, 4.69) is 33.2 Å². The van der Waals surface area contributed by atoms with Gasteiger partial charge in [0.05, 0.1) is 11.9 Å². The summed E-state index contributed by atoms with van der Waals surface area (Å²) in [7, 11) is 0. The molecule has 3 rings (SSSR count). The first-order chi connectivity index (χ1) is 7.66. The van der Waals surface area contributed by atoms with Gasteiger partial charge in [-0.05, 0) is 30.2 Å². The molecule has 0 radical (unpaired) electrons. The van der Waals surface area contributed by atoms with Crippen molar-refractivity contribution in [2.24, 2.45) is 0 Å². The van der Waals surface area contributed by atoms with Crippen LogP contribution >= 0.6 is 15.9 Å². The molecule has 2 heterocycles. The Morgan fingerprint density at radius 3 is 3.12 bits per heavy atom. The van der Waals surface area contributed by atoms with Crippen LogP contribution in [0.3, 0.4) is 0 Å². The SMILES string of the molecule is Cc1c(Br)ccc2c1CNc1nc(O)cn1-2. The van der Waals surface area contributed by atoms with Crippen LogP contribution in [0.15, 0.2) is 22.8 Å². The zero-order valence-electron chi connectivity index (χ0n) is 8.66. The number of halogens is 1. The van der Waals surface area contributed by atoms with Crippen molar-refractivity contribution in [1.29, 1.82) is 0 Å². The molecule has 2 N–H and O–H groups in total. The summed E-state index contributed by atoms with van der Waals surface area (Å²) < 4.78 is 2.97. The summed E-state index contributed by atoms with van der Waals surface area (Å²) in [5, 5.41) is 12.6. The number of anilines is 1. The topological polar surface area (TPSA) is 50.1 Å². The largest absolute Gasteiger partial charge is 0.492 e. The molecule has 2 aromatic rings. The van der Waals surface area contributed by atoms with Crippen LogP contribution in [0.2, 0.25) is 0 Å². The highest BCUT2D eigenvalue weighted by Crippen LogP contribution is 2.32. The van der Waals surface area contributed by atoms with Gasteiger partial charge >= 0.3 is 0 Å². The maximum absolute atomic E-state index is 9.39. The van der Waals surface area contributed by atoms with Crippen LogP contribution in [-0.4, -0.2) is 14.7 Å². The molecule has 1 aromatic carbocycles. The molecule has 0 saturated heterocycles. The Morgan fingerprint density at radius 2 is 2.31 bits per heavy atom. The Hall–Kier alpha value is -1.49. The third-order valence-electron chi connectivity index (χ3n) is 2.88. The predicted octanol–water partition coefficient (Wildman–Crippen LogP) is 2.57. The molecule has 16 heavy (non-hydrogen) atoms. The van der Waals surface area contributed by atoms with E-state index < -0.39 is 0 Å². The van der Waals surface area contributed by atoms with E-state index in [1.165, 1.54) is 11.1 Å². The Labute approximate surface area is 101 Å². The van der Waals surface area contributed by atoms with Gasteiger partial charge in [-0.1, -0.05) is 15.9 Å². The monoisotopic (exact) mass is 279 g/mol. The molecular formula is C11H10BrN3O. The molecule has 5 heteroatoms. The van der Waals surface area contributed by atoms with Gasteiger partial charge in [-0.3, -0.25) is 4.57 Å². The van der Waals surface area contributed by atoms with Crippen LogP contribution < -0.4 is 5.32 Å². The Kier molecular flexibility index (Phi) is 1.97. The van der Waals surface area contributed by atoms with Crippen molar-refractivity contribution in [2.75, 3.05) is 5.32 Å². The Balaban J connectivity index is 2.29. The summed E-state index contributed by atoms with van der Waals surface area (Å²) in [5.74, 6) is 0.725. The highest BCUT2D eigenvalue weighted by atomic mass is 79.9. The summed E-state index contributed by atoms with van der Waals surface area (Å²) >= 11 is 3.52. The fourth-order valence-corrected chi connectivity index (χ4v) is 2.38. The lowest BCUT2D eigenvalue weighted by Crippen LogP contribution is -2.16. The minimum Gasteiger partial charge on any atom is -0.492 e. The van der Waals surface area contributed by atoms with Gasteiger partial charge < -0.3 is 10.4 Å². The van der Waals surface area contributed by atoms with Crippen molar-refractivity contribution >= 4 is 21.9 Å².